The van der Waals surface area contributed by atoms with Crippen LogP contribution in [0.25, 0.3) is 0 Å². The molecule has 2 fully saturated rings. The maximum atomic E-state index is 13.1. The molecule has 0 unspecified atom stereocenters. The molecular weight excluding hydrogens is 398 g/mol. The molecular formula is C23H33N3O3S. The SMILES string of the molecule is CCCCc1ccc(O[C@@H]2C[C@H]3CC[C@@H](C2)N3CS(=O)(=O)c2c(C)n[nH]c2C)cc1. The Balaban J connectivity index is 1.39. The van der Waals surface area contributed by atoms with Gasteiger partial charge in [0.1, 0.15) is 22.6 Å². The number of ether oxygens (including phenoxy) is 1. The standard InChI is InChI=1S/C23H33N3O3S/c1-4-5-6-18-7-11-21(12-8-18)29-22-13-19-9-10-20(14-22)26(19)15-30(27,28)23-16(2)24-25-17(23)3/h7-8,11-12,19-20,22H,4-6,9-10,13-15H2,1-3H3,(H,24,25)/t19-,20+,22-. The molecule has 2 aliphatic rings. The van der Waals surface area contributed by atoms with E-state index in [4.69, 9.17) is 4.74 Å². The predicted octanol–water partition coefficient (Wildman–Crippen LogP) is 4.17. The Kier molecular flexibility index (Phi) is 6.21. The highest BCUT2D eigenvalue weighted by Crippen LogP contribution is 2.38. The van der Waals surface area contributed by atoms with Crippen molar-refractivity contribution >= 4 is 9.84 Å². The van der Waals surface area contributed by atoms with Gasteiger partial charge in [-0.25, -0.2) is 8.42 Å². The van der Waals surface area contributed by atoms with Crippen molar-refractivity contribution in [2.75, 3.05) is 5.88 Å². The van der Waals surface area contributed by atoms with Gasteiger partial charge in [-0.05, 0) is 70.1 Å². The highest BCUT2D eigenvalue weighted by molar-refractivity contribution is 7.91. The lowest BCUT2D eigenvalue weighted by molar-refractivity contribution is 0.0609. The second-order valence-electron chi connectivity index (χ2n) is 8.86. The van der Waals surface area contributed by atoms with Crippen molar-refractivity contribution in [2.24, 2.45) is 0 Å². The summed E-state index contributed by atoms with van der Waals surface area (Å²) >= 11 is 0. The quantitative estimate of drug-likeness (QED) is 0.679. The van der Waals surface area contributed by atoms with E-state index in [1.807, 2.05) is 0 Å². The number of unbranched alkanes of at least 4 members (excludes halogenated alkanes) is 1. The largest absolute Gasteiger partial charge is 0.490 e. The van der Waals surface area contributed by atoms with Gasteiger partial charge in [0.25, 0.3) is 0 Å². The fourth-order valence-electron chi connectivity index (χ4n) is 5.10. The minimum absolute atomic E-state index is 0.0718. The van der Waals surface area contributed by atoms with Crippen molar-refractivity contribution in [1.29, 1.82) is 0 Å². The average Bonchev–Trinajstić information content (AvgIpc) is 3.15. The van der Waals surface area contributed by atoms with Crippen molar-refractivity contribution in [3.63, 3.8) is 0 Å². The van der Waals surface area contributed by atoms with Crippen LogP contribution in [0.5, 0.6) is 5.75 Å². The first-order valence-electron chi connectivity index (χ1n) is 11.1. The number of fused-ring (bicyclic) bond motifs is 2. The predicted molar refractivity (Wildman–Crippen MR) is 117 cm³/mol. The molecule has 30 heavy (non-hydrogen) atoms. The fraction of sp³-hybridized carbons (Fsp3) is 0.609. The summed E-state index contributed by atoms with van der Waals surface area (Å²) in [5.74, 6) is 0.993. The Hall–Kier alpha value is -1.86. The van der Waals surface area contributed by atoms with Crippen molar-refractivity contribution in [1.82, 2.24) is 15.1 Å². The third kappa shape index (κ3) is 4.42. The number of sulfone groups is 1. The van der Waals surface area contributed by atoms with E-state index in [-0.39, 0.29) is 24.1 Å². The zero-order chi connectivity index (χ0) is 21.3. The summed E-state index contributed by atoms with van der Waals surface area (Å²) in [5, 5.41) is 6.87. The summed E-state index contributed by atoms with van der Waals surface area (Å²) in [4.78, 5) is 2.55. The number of hydrogen-bond donors (Lipinski definition) is 1. The van der Waals surface area contributed by atoms with Gasteiger partial charge < -0.3 is 4.74 Å². The van der Waals surface area contributed by atoms with E-state index < -0.39 is 9.84 Å². The average molecular weight is 432 g/mol. The molecule has 1 N–H and O–H groups in total. The van der Waals surface area contributed by atoms with Gasteiger partial charge in [0.15, 0.2) is 9.84 Å². The second-order valence-corrected chi connectivity index (χ2v) is 10.8. The summed E-state index contributed by atoms with van der Waals surface area (Å²) in [6.45, 7) is 5.73. The van der Waals surface area contributed by atoms with Crippen LogP contribution in [-0.2, 0) is 16.3 Å². The summed E-state index contributed by atoms with van der Waals surface area (Å²) in [6.07, 6.45) is 7.53. The molecule has 0 saturated carbocycles. The van der Waals surface area contributed by atoms with Crippen molar-refractivity contribution < 1.29 is 13.2 Å². The summed E-state index contributed by atoms with van der Waals surface area (Å²) < 4.78 is 32.4. The summed E-state index contributed by atoms with van der Waals surface area (Å²) in [5.41, 5.74) is 2.54. The number of aromatic amines is 1. The van der Waals surface area contributed by atoms with Crippen LogP contribution in [0.15, 0.2) is 29.2 Å². The highest BCUT2D eigenvalue weighted by Gasteiger charge is 2.43. The number of benzene rings is 1. The van der Waals surface area contributed by atoms with E-state index in [0.717, 1.165) is 37.9 Å². The van der Waals surface area contributed by atoms with Crippen LogP contribution >= 0.6 is 0 Å². The molecule has 7 heteroatoms. The minimum atomic E-state index is -3.40. The number of rotatable bonds is 8. The molecule has 2 aromatic rings. The van der Waals surface area contributed by atoms with Crippen LogP contribution in [0.1, 0.15) is 62.4 Å². The maximum Gasteiger partial charge on any atom is 0.195 e. The van der Waals surface area contributed by atoms with Gasteiger partial charge in [-0.15, -0.1) is 0 Å². The molecule has 2 saturated heterocycles. The molecule has 3 heterocycles. The van der Waals surface area contributed by atoms with Crippen LogP contribution in [0, 0.1) is 13.8 Å². The van der Waals surface area contributed by atoms with Crippen LogP contribution in [0.3, 0.4) is 0 Å². The minimum Gasteiger partial charge on any atom is -0.490 e. The van der Waals surface area contributed by atoms with Crippen LogP contribution in [0.2, 0.25) is 0 Å². The second kappa shape index (κ2) is 8.71. The third-order valence-electron chi connectivity index (χ3n) is 6.58. The number of aryl methyl sites for hydroxylation is 3. The van der Waals surface area contributed by atoms with Crippen LogP contribution in [0.4, 0.5) is 0 Å². The molecule has 0 spiro atoms. The molecule has 1 aromatic heterocycles. The van der Waals surface area contributed by atoms with E-state index >= 15 is 0 Å². The monoisotopic (exact) mass is 431 g/mol. The van der Waals surface area contributed by atoms with Crippen molar-refractivity contribution in [3.05, 3.63) is 41.2 Å². The lowest BCUT2D eigenvalue weighted by Crippen LogP contribution is -2.48. The van der Waals surface area contributed by atoms with Crippen molar-refractivity contribution in [2.45, 2.75) is 88.8 Å². The molecule has 3 atom stereocenters. The Morgan fingerprint density at radius 1 is 1.13 bits per heavy atom. The van der Waals surface area contributed by atoms with Gasteiger partial charge in [0.05, 0.1) is 11.4 Å². The molecule has 2 aliphatic heterocycles. The van der Waals surface area contributed by atoms with Gasteiger partial charge >= 0.3 is 0 Å². The van der Waals surface area contributed by atoms with Gasteiger partial charge in [0.2, 0.25) is 0 Å². The number of piperidine rings is 1. The number of aromatic nitrogens is 2. The molecule has 0 amide bonds. The maximum absolute atomic E-state index is 13.1. The normalized spacial score (nSPS) is 24.3. The first kappa shape index (κ1) is 21.4. The highest BCUT2D eigenvalue weighted by atomic mass is 32.2. The Labute approximate surface area is 179 Å². The summed E-state index contributed by atoms with van der Waals surface area (Å²) in [7, 11) is -3.40. The van der Waals surface area contributed by atoms with E-state index in [9.17, 15) is 8.42 Å². The molecule has 164 valence electrons. The van der Waals surface area contributed by atoms with E-state index in [1.165, 1.54) is 18.4 Å². The molecule has 0 aliphatic carbocycles. The molecule has 0 radical (unpaired) electrons. The van der Waals surface area contributed by atoms with E-state index in [2.05, 4.69) is 46.3 Å². The van der Waals surface area contributed by atoms with Gasteiger partial charge in [-0.3, -0.25) is 10.00 Å². The van der Waals surface area contributed by atoms with Gasteiger partial charge in [-0.2, -0.15) is 5.10 Å². The first-order valence-corrected chi connectivity index (χ1v) is 12.8. The van der Waals surface area contributed by atoms with Crippen molar-refractivity contribution in [3.8, 4) is 5.75 Å². The molecule has 4 rings (SSSR count). The Morgan fingerprint density at radius 2 is 1.80 bits per heavy atom. The zero-order valence-electron chi connectivity index (χ0n) is 18.2. The molecule has 6 nitrogen and oxygen atoms in total. The Bertz CT molecular complexity index is 935. The molecule has 2 bridgehead atoms. The van der Waals surface area contributed by atoms with E-state index in [1.54, 1.807) is 13.8 Å². The van der Waals surface area contributed by atoms with E-state index in [0.29, 0.717) is 16.3 Å². The number of hydrogen-bond acceptors (Lipinski definition) is 5. The number of nitrogens with one attached hydrogen (secondary N) is 1. The lowest BCUT2D eigenvalue weighted by atomic mass is 10.0. The summed E-state index contributed by atoms with van der Waals surface area (Å²) in [6, 6.07) is 9.01. The van der Waals surface area contributed by atoms with Gasteiger partial charge in [-0.1, -0.05) is 25.5 Å². The third-order valence-corrected chi connectivity index (χ3v) is 8.44. The Morgan fingerprint density at radius 3 is 2.37 bits per heavy atom. The van der Waals surface area contributed by atoms with Crippen LogP contribution in [-0.4, -0.2) is 47.6 Å². The zero-order valence-corrected chi connectivity index (χ0v) is 19.0. The fourth-order valence-corrected chi connectivity index (χ4v) is 7.05. The topological polar surface area (TPSA) is 75.3 Å². The molecule has 1 aromatic carbocycles. The number of H-pyrrole nitrogens is 1. The first-order chi connectivity index (χ1) is 14.4. The lowest BCUT2D eigenvalue weighted by Gasteiger charge is -2.38. The van der Waals surface area contributed by atoms with Gasteiger partial charge in [0, 0.05) is 12.1 Å². The smallest absolute Gasteiger partial charge is 0.195 e. The van der Waals surface area contributed by atoms with Crippen LogP contribution < -0.4 is 4.74 Å². The number of nitrogens with zero attached hydrogens (tertiary/aromatic N) is 2.